The van der Waals surface area contributed by atoms with E-state index < -0.39 is 0 Å². The Hall–Kier alpha value is -1.82. The number of fused-ring (bicyclic) bond motifs is 2. The van der Waals surface area contributed by atoms with Gasteiger partial charge in [0, 0.05) is 0 Å². The molecule has 0 spiro atoms. The van der Waals surface area contributed by atoms with Crippen molar-refractivity contribution in [2.45, 2.75) is 56.4 Å². The molecule has 0 saturated heterocycles. The van der Waals surface area contributed by atoms with Gasteiger partial charge in [0.1, 0.15) is 0 Å². The van der Waals surface area contributed by atoms with Crippen LogP contribution in [0.1, 0.15) is 53.7 Å². The van der Waals surface area contributed by atoms with E-state index in [0.717, 1.165) is 0 Å². The summed E-state index contributed by atoms with van der Waals surface area (Å²) in [5, 5.41) is 5.31. The number of hydrogen-bond acceptors (Lipinski definition) is 0. The molecule has 0 aromatic heterocycles. The van der Waals surface area contributed by atoms with Crippen LogP contribution in [0.5, 0.6) is 0 Å². The van der Waals surface area contributed by atoms with Crippen LogP contribution in [0.15, 0.2) is 48.5 Å². The van der Waals surface area contributed by atoms with E-state index in [0.29, 0.717) is 0 Å². The second-order valence-electron chi connectivity index (χ2n) is 4.55. The van der Waals surface area contributed by atoms with Gasteiger partial charge in [-0.05, 0) is 47.5 Å². The minimum Gasteiger partial charge on any atom is -0.0776 e. The molecule has 0 saturated carbocycles. The molecule has 0 N–H and O–H groups in total. The van der Waals surface area contributed by atoms with Crippen LogP contribution in [0.4, 0.5) is 0 Å². The van der Waals surface area contributed by atoms with Crippen molar-refractivity contribution in [1.29, 1.82) is 0 Å². The third-order valence-corrected chi connectivity index (χ3v) is 3.11. The van der Waals surface area contributed by atoms with E-state index in [1.54, 1.807) is 0 Å². The fourth-order valence-electron chi connectivity index (χ4n) is 2.24. The highest BCUT2D eigenvalue weighted by Gasteiger charge is 1.98. The zero-order valence-electron chi connectivity index (χ0n) is 13.6. The summed E-state index contributed by atoms with van der Waals surface area (Å²) in [4.78, 5) is 0. The maximum Gasteiger partial charge on any atom is -0.0175 e. The Balaban J connectivity index is 0. The Morgan fingerprint density at radius 3 is 1.09 bits per heavy atom. The van der Waals surface area contributed by atoms with Gasteiger partial charge in [0.15, 0.2) is 0 Å². The van der Waals surface area contributed by atoms with Crippen LogP contribution in [0.3, 0.4) is 0 Å². The number of rotatable bonds is 0. The molecule has 0 nitrogen and oxygen atoms in total. The first-order valence-corrected chi connectivity index (χ1v) is 7.63. The molecule has 0 atom stereocenters. The van der Waals surface area contributed by atoms with Gasteiger partial charge in [-0.15, -0.1) is 0 Å². The second kappa shape index (κ2) is 10.8. The average Bonchev–Trinajstić information content (AvgIpc) is 2.49. The molecule has 0 aliphatic carbocycles. The van der Waals surface area contributed by atoms with Crippen molar-refractivity contribution in [3.05, 3.63) is 59.7 Å². The fraction of sp³-hybridized carbons (Fsp3) is 0.364. The van der Waals surface area contributed by atoms with Gasteiger partial charge in [-0.2, -0.15) is 0 Å². The summed E-state index contributed by atoms with van der Waals surface area (Å²) < 4.78 is 0. The maximum absolute atomic E-state index is 2.27. The Kier molecular flexibility index (Phi) is 11.1. The van der Waals surface area contributed by atoms with E-state index in [4.69, 9.17) is 0 Å². The van der Waals surface area contributed by atoms with Gasteiger partial charge in [-0.25, -0.2) is 0 Å². The lowest BCUT2D eigenvalue weighted by molar-refractivity contribution is 1.50. The summed E-state index contributed by atoms with van der Waals surface area (Å²) in [7, 11) is 0. The first-order chi connectivity index (χ1) is 9.72. The standard InChI is InChI=1S/C16H14.2C2H6.2CH4/c1-11-3-5-13-10-16-8-12(2)4-6-14(16)9-15(13)7-11;2*1-2;;/h3-10H,1-2H3;2*1-2H3;2*1H4. The lowest BCUT2D eigenvalue weighted by Gasteiger charge is -2.04. The zero-order chi connectivity index (χ0) is 15.1. The topological polar surface area (TPSA) is 0 Å². The lowest BCUT2D eigenvalue weighted by atomic mass is 10.0. The first kappa shape index (κ1) is 22.5. The van der Waals surface area contributed by atoms with Gasteiger partial charge in [-0.3, -0.25) is 0 Å². The Morgan fingerprint density at radius 2 is 0.773 bits per heavy atom. The van der Waals surface area contributed by atoms with E-state index in [2.05, 4.69) is 62.4 Å². The summed E-state index contributed by atoms with van der Waals surface area (Å²) in [5.41, 5.74) is 2.64. The van der Waals surface area contributed by atoms with E-state index in [-0.39, 0.29) is 14.9 Å². The monoisotopic (exact) mass is 298 g/mol. The summed E-state index contributed by atoms with van der Waals surface area (Å²) in [6.07, 6.45) is 0. The number of aryl methyl sites for hydroxylation is 2. The van der Waals surface area contributed by atoms with Crippen molar-refractivity contribution < 1.29 is 0 Å². The van der Waals surface area contributed by atoms with Gasteiger partial charge in [0.25, 0.3) is 0 Å². The predicted molar refractivity (Wildman–Crippen MR) is 107 cm³/mol. The molecule has 122 valence electrons. The van der Waals surface area contributed by atoms with Crippen molar-refractivity contribution in [2.24, 2.45) is 0 Å². The largest absolute Gasteiger partial charge is 0.0776 e. The van der Waals surface area contributed by atoms with Gasteiger partial charge in [-0.1, -0.05) is 90.1 Å². The second-order valence-corrected chi connectivity index (χ2v) is 4.55. The summed E-state index contributed by atoms with van der Waals surface area (Å²) in [6, 6.07) is 17.8. The van der Waals surface area contributed by atoms with E-state index in [1.807, 2.05) is 27.7 Å². The van der Waals surface area contributed by atoms with Crippen LogP contribution in [-0.2, 0) is 0 Å². The molecule has 0 heterocycles. The minimum atomic E-state index is 0. The SMILES string of the molecule is C.C.CC.CC.Cc1ccc2cc3cc(C)ccc3cc2c1. The molecule has 22 heavy (non-hydrogen) atoms. The fourth-order valence-corrected chi connectivity index (χ4v) is 2.24. The number of hydrogen-bond donors (Lipinski definition) is 0. The number of benzene rings is 3. The highest BCUT2D eigenvalue weighted by molar-refractivity contribution is 5.98. The van der Waals surface area contributed by atoms with Gasteiger partial charge >= 0.3 is 0 Å². The molecular weight excluding hydrogens is 264 g/mol. The van der Waals surface area contributed by atoms with E-state index in [9.17, 15) is 0 Å². The summed E-state index contributed by atoms with van der Waals surface area (Å²) in [5.74, 6) is 0. The first-order valence-electron chi connectivity index (χ1n) is 7.63. The van der Waals surface area contributed by atoms with Crippen LogP contribution in [0, 0.1) is 13.8 Å². The Bertz CT molecular complexity index is 616. The molecule has 3 aromatic carbocycles. The smallest absolute Gasteiger partial charge is 0.0175 e. The molecule has 0 aliphatic heterocycles. The van der Waals surface area contributed by atoms with Crippen LogP contribution in [-0.4, -0.2) is 0 Å². The van der Waals surface area contributed by atoms with Gasteiger partial charge < -0.3 is 0 Å². The van der Waals surface area contributed by atoms with Crippen molar-refractivity contribution in [3.8, 4) is 0 Å². The Labute approximate surface area is 138 Å². The molecule has 0 unspecified atom stereocenters. The molecule has 0 bridgehead atoms. The van der Waals surface area contributed by atoms with E-state index in [1.165, 1.54) is 32.7 Å². The molecule has 0 amide bonds. The van der Waals surface area contributed by atoms with Crippen molar-refractivity contribution >= 4 is 21.5 Å². The van der Waals surface area contributed by atoms with Crippen LogP contribution in [0.25, 0.3) is 21.5 Å². The average molecular weight is 299 g/mol. The summed E-state index contributed by atoms with van der Waals surface area (Å²) in [6.45, 7) is 12.3. The van der Waals surface area contributed by atoms with Crippen LogP contribution >= 0.6 is 0 Å². The van der Waals surface area contributed by atoms with Crippen molar-refractivity contribution in [1.82, 2.24) is 0 Å². The molecule has 0 heteroatoms. The predicted octanol–water partition coefficient (Wildman–Crippen LogP) is 7.93. The van der Waals surface area contributed by atoms with Crippen molar-refractivity contribution in [3.63, 3.8) is 0 Å². The third-order valence-electron chi connectivity index (χ3n) is 3.11. The molecular formula is C22H34. The molecule has 0 radical (unpaired) electrons. The maximum atomic E-state index is 2.27. The van der Waals surface area contributed by atoms with Gasteiger partial charge in [0.05, 0.1) is 0 Å². The highest BCUT2D eigenvalue weighted by Crippen LogP contribution is 2.24. The minimum absolute atomic E-state index is 0. The van der Waals surface area contributed by atoms with E-state index >= 15 is 0 Å². The molecule has 3 rings (SSSR count). The summed E-state index contributed by atoms with van der Waals surface area (Å²) >= 11 is 0. The molecule has 3 aromatic rings. The van der Waals surface area contributed by atoms with Crippen LogP contribution in [0.2, 0.25) is 0 Å². The molecule has 0 aliphatic rings. The van der Waals surface area contributed by atoms with Crippen molar-refractivity contribution in [2.75, 3.05) is 0 Å². The lowest BCUT2D eigenvalue weighted by Crippen LogP contribution is -1.79. The quantitative estimate of drug-likeness (QED) is 0.369. The van der Waals surface area contributed by atoms with Gasteiger partial charge in [0.2, 0.25) is 0 Å². The molecule has 0 fully saturated rings. The third kappa shape index (κ3) is 5.18. The highest BCUT2D eigenvalue weighted by atomic mass is 14.0. The normalized spacial score (nSPS) is 8.64. The Morgan fingerprint density at radius 1 is 0.455 bits per heavy atom. The van der Waals surface area contributed by atoms with Crippen LogP contribution < -0.4 is 0 Å². The zero-order valence-corrected chi connectivity index (χ0v) is 13.6.